The average Bonchev–Trinajstić information content (AvgIpc) is 2.61. The normalized spacial score (nSPS) is 15.9. The Morgan fingerprint density at radius 1 is 1.25 bits per heavy atom. The van der Waals surface area contributed by atoms with Gasteiger partial charge in [-0.05, 0) is 37.0 Å². The lowest BCUT2D eigenvalue weighted by Gasteiger charge is -2.34. The Hall–Kier alpha value is -1.63. The molecule has 134 valence electrons. The number of amides is 1. The maximum atomic E-state index is 12.6. The monoisotopic (exact) mass is 356 g/mol. The largest absolute Gasteiger partial charge is 0.469 e. The van der Waals surface area contributed by atoms with Crippen molar-refractivity contribution in [3.63, 3.8) is 0 Å². The van der Waals surface area contributed by atoms with Gasteiger partial charge in [-0.1, -0.05) is 12.1 Å². The fourth-order valence-electron chi connectivity index (χ4n) is 2.65. The fraction of sp³-hybridized carbons (Fsp3) is 0.529. The van der Waals surface area contributed by atoms with Gasteiger partial charge in [-0.25, -0.2) is 0 Å². The van der Waals surface area contributed by atoms with Crippen LogP contribution < -0.4 is 11.1 Å². The third-order valence-electron chi connectivity index (χ3n) is 4.38. The van der Waals surface area contributed by atoms with E-state index in [1.165, 1.54) is 7.11 Å². The number of benzene rings is 1. The van der Waals surface area contributed by atoms with Gasteiger partial charge < -0.3 is 20.5 Å². The van der Waals surface area contributed by atoms with Crippen LogP contribution in [0.1, 0.15) is 24.8 Å². The van der Waals surface area contributed by atoms with Crippen LogP contribution in [0.4, 0.5) is 5.69 Å². The van der Waals surface area contributed by atoms with Crippen molar-refractivity contribution in [2.24, 2.45) is 11.1 Å². The SMILES string of the molecule is COC(=O)CCc1ccc(NC(=O)C2(CN)CCOCC2)cc1.Cl. The Kier molecular flexibility index (Phi) is 8.18. The van der Waals surface area contributed by atoms with Crippen LogP contribution in [0.3, 0.4) is 0 Å². The number of nitrogens with one attached hydrogen (secondary N) is 1. The Labute approximate surface area is 148 Å². The van der Waals surface area contributed by atoms with E-state index in [1.54, 1.807) is 0 Å². The molecule has 0 saturated carbocycles. The van der Waals surface area contributed by atoms with E-state index in [-0.39, 0.29) is 24.3 Å². The van der Waals surface area contributed by atoms with Crippen LogP contribution in [0.2, 0.25) is 0 Å². The van der Waals surface area contributed by atoms with Gasteiger partial charge in [-0.15, -0.1) is 12.4 Å². The second kappa shape index (κ2) is 9.61. The van der Waals surface area contributed by atoms with Crippen molar-refractivity contribution in [3.05, 3.63) is 29.8 Å². The molecule has 1 heterocycles. The molecule has 1 amide bonds. The maximum absolute atomic E-state index is 12.6. The predicted octanol–water partition coefficient (Wildman–Crippen LogP) is 1.91. The van der Waals surface area contributed by atoms with Crippen LogP contribution in [0.15, 0.2) is 24.3 Å². The zero-order valence-electron chi connectivity index (χ0n) is 13.9. The molecule has 1 aromatic rings. The number of carbonyl (C=O) groups is 2. The lowest BCUT2D eigenvalue weighted by atomic mass is 9.79. The van der Waals surface area contributed by atoms with Crippen LogP contribution in [-0.2, 0) is 25.5 Å². The lowest BCUT2D eigenvalue weighted by Crippen LogP contribution is -2.46. The van der Waals surface area contributed by atoms with Crippen molar-refractivity contribution in [2.75, 3.05) is 32.2 Å². The molecule has 1 aliphatic rings. The quantitative estimate of drug-likeness (QED) is 0.760. The van der Waals surface area contributed by atoms with Crippen molar-refractivity contribution in [1.29, 1.82) is 0 Å². The van der Waals surface area contributed by atoms with E-state index in [4.69, 9.17) is 10.5 Å². The summed E-state index contributed by atoms with van der Waals surface area (Å²) in [6.07, 6.45) is 2.25. The van der Waals surface area contributed by atoms with E-state index in [1.807, 2.05) is 24.3 Å². The number of aryl methyl sites for hydroxylation is 1. The second-order valence-electron chi connectivity index (χ2n) is 5.82. The van der Waals surface area contributed by atoms with E-state index >= 15 is 0 Å². The average molecular weight is 357 g/mol. The maximum Gasteiger partial charge on any atom is 0.305 e. The Morgan fingerprint density at radius 2 is 1.88 bits per heavy atom. The highest BCUT2D eigenvalue weighted by Gasteiger charge is 2.38. The summed E-state index contributed by atoms with van der Waals surface area (Å²) in [5.41, 5.74) is 7.05. The Morgan fingerprint density at radius 3 is 2.42 bits per heavy atom. The first kappa shape index (κ1) is 20.4. The summed E-state index contributed by atoms with van der Waals surface area (Å²) in [5, 5.41) is 2.94. The number of anilines is 1. The second-order valence-corrected chi connectivity index (χ2v) is 5.82. The Bertz CT molecular complexity index is 542. The van der Waals surface area contributed by atoms with Crippen molar-refractivity contribution < 1.29 is 19.1 Å². The summed E-state index contributed by atoms with van der Waals surface area (Å²) in [6.45, 7) is 1.45. The molecule has 0 unspecified atom stereocenters. The van der Waals surface area contributed by atoms with E-state index < -0.39 is 5.41 Å². The first-order valence-corrected chi connectivity index (χ1v) is 7.85. The Balaban J connectivity index is 0.00000288. The summed E-state index contributed by atoms with van der Waals surface area (Å²) in [4.78, 5) is 23.7. The minimum absolute atomic E-state index is 0. The van der Waals surface area contributed by atoms with Crippen LogP contribution in [0.5, 0.6) is 0 Å². The van der Waals surface area contributed by atoms with Crippen molar-refractivity contribution in [3.8, 4) is 0 Å². The molecular weight excluding hydrogens is 332 g/mol. The molecule has 3 N–H and O–H groups in total. The number of nitrogens with two attached hydrogens (primary N) is 1. The topological polar surface area (TPSA) is 90.7 Å². The summed E-state index contributed by atoms with van der Waals surface area (Å²) in [7, 11) is 1.38. The number of halogens is 1. The summed E-state index contributed by atoms with van der Waals surface area (Å²) in [6, 6.07) is 7.48. The molecule has 0 aromatic heterocycles. The molecule has 1 aromatic carbocycles. The standard InChI is InChI=1S/C17H24N2O4.ClH/c1-22-15(20)7-4-13-2-5-14(6-3-13)19-16(21)17(12-18)8-10-23-11-9-17;/h2-3,5-6H,4,7-12,18H2,1H3,(H,19,21);1H. The van der Waals surface area contributed by atoms with Gasteiger partial charge in [-0.3, -0.25) is 9.59 Å². The highest BCUT2D eigenvalue weighted by Crippen LogP contribution is 2.30. The summed E-state index contributed by atoms with van der Waals surface area (Å²) >= 11 is 0. The van der Waals surface area contributed by atoms with Gasteiger partial charge in [0.05, 0.1) is 12.5 Å². The van der Waals surface area contributed by atoms with Gasteiger partial charge in [0.25, 0.3) is 0 Å². The molecule has 0 aliphatic carbocycles. The number of hydrogen-bond donors (Lipinski definition) is 2. The van der Waals surface area contributed by atoms with Gasteiger partial charge in [-0.2, -0.15) is 0 Å². The van der Waals surface area contributed by atoms with Crippen LogP contribution in [0.25, 0.3) is 0 Å². The molecule has 6 nitrogen and oxygen atoms in total. The van der Waals surface area contributed by atoms with Gasteiger partial charge in [0.2, 0.25) is 5.91 Å². The molecule has 1 saturated heterocycles. The number of ether oxygens (including phenoxy) is 2. The van der Waals surface area contributed by atoms with Gasteiger partial charge >= 0.3 is 5.97 Å². The lowest BCUT2D eigenvalue weighted by molar-refractivity contribution is -0.140. The van der Waals surface area contributed by atoms with E-state index in [0.717, 1.165) is 11.3 Å². The molecule has 1 aliphatic heterocycles. The molecule has 2 rings (SSSR count). The third-order valence-corrected chi connectivity index (χ3v) is 4.38. The van der Waals surface area contributed by atoms with E-state index in [9.17, 15) is 9.59 Å². The fourth-order valence-corrected chi connectivity index (χ4v) is 2.65. The van der Waals surface area contributed by atoms with E-state index in [2.05, 4.69) is 10.1 Å². The number of carbonyl (C=O) groups excluding carboxylic acids is 2. The minimum Gasteiger partial charge on any atom is -0.469 e. The summed E-state index contributed by atoms with van der Waals surface area (Å²) < 4.78 is 9.95. The number of esters is 1. The van der Waals surface area contributed by atoms with Crippen molar-refractivity contribution >= 4 is 30.0 Å². The predicted molar refractivity (Wildman–Crippen MR) is 94.2 cm³/mol. The molecule has 1 fully saturated rings. The van der Waals surface area contributed by atoms with Gasteiger partial charge in [0.1, 0.15) is 0 Å². The third kappa shape index (κ3) is 5.19. The number of rotatable bonds is 6. The first-order valence-electron chi connectivity index (χ1n) is 7.85. The van der Waals surface area contributed by atoms with Crippen LogP contribution >= 0.6 is 12.4 Å². The van der Waals surface area contributed by atoms with E-state index in [0.29, 0.717) is 45.4 Å². The minimum atomic E-state index is -0.540. The zero-order chi connectivity index (χ0) is 16.7. The highest BCUT2D eigenvalue weighted by molar-refractivity contribution is 5.95. The van der Waals surface area contributed by atoms with Gasteiger partial charge in [0, 0.05) is 31.9 Å². The number of hydrogen-bond acceptors (Lipinski definition) is 5. The molecule has 0 spiro atoms. The molecule has 7 heteroatoms. The number of methoxy groups -OCH3 is 1. The zero-order valence-corrected chi connectivity index (χ0v) is 14.7. The molecule has 0 bridgehead atoms. The molecular formula is C17H25ClN2O4. The first-order chi connectivity index (χ1) is 11.1. The summed E-state index contributed by atoms with van der Waals surface area (Å²) in [5.74, 6) is -0.280. The molecule has 0 radical (unpaired) electrons. The van der Waals surface area contributed by atoms with Gasteiger partial charge in [0.15, 0.2) is 0 Å². The molecule has 24 heavy (non-hydrogen) atoms. The molecule has 0 atom stereocenters. The van der Waals surface area contributed by atoms with Crippen LogP contribution in [0, 0.1) is 5.41 Å². The smallest absolute Gasteiger partial charge is 0.305 e. The van der Waals surface area contributed by atoms with Crippen molar-refractivity contribution in [2.45, 2.75) is 25.7 Å². The van der Waals surface area contributed by atoms with Crippen molar-refractivity contribution in [1.82, 2.24) is 0 Å². The van der Waals surface area contributed by atoms with Crippen LogP contribution in [-0.4, -0.2) is 38.7 Å². The highest BCUT2D eigenvalue weighted by atomic mass is 35.5.